The number of carboxylic acid groups (broad SMARTS) is 1. The number of carbonyl (C=O) groups excluding carboxylic acids is 5. The SMILES string of the molecule is C[C@@H](C(=O)Nc1ccc2c(c1)C(=O)NC(CCC(=O)O)C(=O)NC(CCCCN)C(=O)N[C@H](C(N)=O)CCO2)n1cc(C2CCNCC2)nn1. The molecule has 4 atom stereocenters. The van der Waals surface area contributed by atoms with E-state index in [0.29, 0.717) is 19.4 Å². The maximum atomic E-state index is 13.7. The van der Waals surface area contributed by atoms with E-state index >= 15 is 0 Å². The molecule has 0 spiro atoms. The van der Waals surface area contributed by atoms with Crippen molar-refractivity contribution in [3.63, 3.8) is 0 Å². The van der Waals surface area contributed by atoms with E-state index in [1.165, 1.54) is 22.9 Å². The number of nitrogens with zero attached hydrogens (tertiary/aromatic N) is 3. The van der Waals surface area contributed by atoms with Crippen molar-refractivity contribution in [3.05, 3.63) is 35.7 Å². The van der Waals surface area contributed by atoms with E-state index in [1.807, 2.05) is 0 Å². The van der Waals surface area contributed by atoms with Crippen molar-refractivity contribution in [1.29, 1.82) is 0 Å². The Bertz CT molecular complexity index is 1540. The number of hydrogen-bond acceptors (Lipinski definition) is 11. The first-order valence-electron chi connectivity index (χ1n) is 16.8. The second-order valence-electron chi connectivity index (χ2n) is 12.4. The molecule has 50 heavy (non-hydrogen) atoms. The highest BCUT2D eigenvalue weighted by atomic mass is 16.5. The van der Waals surface area contributed by atoms with Crippen molar-refractivity contribution in [2.75, 3.05) is 31.6 Å². The molecular formula is C32H46N10O8. The Morgan fingerprint density at radius 2 is 1.76 bits per heavy atom. The van der Waals surface area contributed by atoms with E-state index in [1.54, 1.807) is 13.1 Å². The van der Waals surface area contributed by atoms with Crippen LogP contribution in [0.2, 0.25) is 0 Å². The highest BCUT2D eigenvalue weighted by molar-refractivity contribution is 6.02. The summed E-state index contributed by atoms with van der Waals surface area (Å²) in [6.45, 7) is 3.63. The van der Waals surface area contributed by atoms with Gasteiger partial charge in [-0.15, -0.1) is 5.10 Å². The number of piperidine rings is 1. The zero-order valence-electron chi connectivity index (χ0n) is 28.0. The van der Waals surface area contributed by atoms with Crippen molar-refractivity contribution in [1.82, 2.24) is 36.3 Å². The fraction of sp³-hybridized carbons (Fsp3) is 0.562. The van der Waals surface area contributed by atoms with Gasteiger partial charge in [-0.05, 0) is 83.3 Å². The molecule has 1 saturated heterocycles. The average molecular weight is 699 g/mol. The third kappa shape index (κ3) is 10.4. The minimum atomic E-state index is -1.37. The number of aromatic nitrogens is 3. The smallest absolute Gasteiger partial charge is 0.303 e. The molecule has 4 rings (SSSR count). The van der Waals surface area contributed by atoms with Crippen LogP contribution >= 0.6 is 0 Å². The third-order valence-electron chi connectivity index (χ3n) is 8.73. The van der Waals surface area contributed by atoms with Crippen LogP contribution in [0.5, 0.6) is 5.75 Å². The van der Waals surface area contributed by atoms with Crippen LogP contribution in [0.25, 0.3) is 0 Å². The first-order chi connectivity index (χ1) is 24.0. The number of carbonyl (C=O) groups is 6. The summed E-state index contributed by atoms with van der Waals surface area (Å²) in [7, 11) is 0. The standard InChI is InChI=1S/C32H46N10O8/c1-18(42-17-25(40-41-42)19-9-13-35-14-10-19)29(46)36-20-5-7-26-21(16-20)30(47)38-24(6-8-27(43)44)32(49)39-23(4-2-3-12-33)31(48)37-22(28(34)45)11-15-50-26/h5,7,16-19,22-24,35H,2-4,6,8-15,33H2,1H3,(H2,34,45)(H,36,46)(H,37,48)(H,38,47)(H,39,49)(H,43,44)/t18-,22-,23?,24?/m0/s1. The van der Waals surface area contributed by atoms with Crippen LogP contribution in [0.4, 0.5) is 5.69 Å². The average Bonchev–Trinajstić information content (AvgIpc) is 3.59. The molecule has 0 radical (unpaired) electrons. The van der Waals surface area contributed by atoms with E-state index in [9.17, 15) is 33.9 Å². The normalized spacial score (nSPS) is 21.3. The lowest BCUT2D eigenvalue weighted by atomic mass is 9.95. The number of ether oxygens (including phenoxy) is 1. The first-order valence-corrected chi connectivity index (χ1v) is 16.8. The van der Waals surface area contributed by atoms with Gasteiger partial charge in [0.1, 0.15) is 29.9 Å². The molecule has 1 fully saturated rings. The molecule has 1 aromatic heterocycles. The lowest BCUT2D eigenvalue weighted by Gasteiger charge is -2.26. The maximum absolute atomic E-state index is 13.7. The van der Waals surface area contributed by atoms with Crippen molar-refractivity contribution in [3.8, 4) is 5.75 Å². The highest BCUT2D eigenvalue weighted by Gasteiger charge is 2.31. The predicted molar refractivity (Wildman–Crippen MR) is 179 cm³/mol. The molecule has 0 saturated carbocycles. The third-order valence-corrected chi connectivity index (χ3v) is 8.73. The van der Waals surface area contributed by atoms with Gasteiger partial charge in [0.25, 0.3) is 5.91 Å². The van der Waals surface area contributed by atoms with E-state index in [2.05, 4.69) is 36.9 Å². The van der Waals surface area contributed by atoms with Crippen LogP contribution in [-0.2, 0) is 24.0 Å². The number of anilines is 1. The van der Waals surface area contributed by atoms with E-state index < -0.39 is 66.1 Å². The number of unbranched alkanes of at least 4 members (excludes halogenated alkanes) is 1. The van der Waals surface area contributed by atoms with Crippen LogP contribution in [-0.4, -0.2) is 100.0 Å². The van der Waals surface area contributed by atoms with Gasteiger partial charge in [-0.2, -0.15) is 0 Å². The van der Waals surface area contributed by atoms with Crippen molar-refractivity contribution < 1.29 is 38.6 Å². The predicted octanol–water partition coefficient (Wildman–Crippen LogP) is -0.726. The summed E-state index contributed by atoms with van der Waals surface area (Å²) in [6.07, 6.45) is 3.96. The van der Waals surface area contributed by atoms with Crippen molar-refractivity contribution >= 4 is 41.2 Å². The molecule has 2 unspecified atom stereocenters. The Hall–Kier alpha value is -5.10. The Kier molecular flexibility index (Phi) is 13.6. The number of carboxylic acids is 1. The molecule has 2 aliphatic heterocycles. The summed E-state index contributed by atoms with van der Waals surface area (Å²) < 4.78 is 7.33. The Morgan fingerprint density at radius 3 is 2.46 bits per heavy atom. The van der Waals surface area contributed by atoms with E-state index in [4.69, 9.17) is 16.2 Å². The molecule has 18 heteroatoms. The number of benzene rings is 1. The van der Waals surface area contributed by atoms with Gasteiger partial charge >= 0.3 is 5.97 Å². The number of primary amides is 1. The zero-order chi connectivity index (χ0) is 36.2. The van der Waals surface area contributed by atoms with Crippen LogP contribution in [0.15, 0.2) is 24.4 Å². The maximum Gasteiger partial charge on any atom is 0.303 e. The molecule has 10 N–H and O–H groups in total. The lowest BCUT2D eigenvalue weighted by molar-refractivity contribution is -0.137. The summed E-state index contributed by atoms with van der Waals surface area (Å²) in [5.41, 5.74) is 12.1. The summed E-state index contributed by atoms with van der Waals surface area (Å²) in [5, 5.41) is 31.6. The number of amides is 5. The quantitative estimate of drug-likeness (QED) is 0.128. The number of nitrogens with one attached hydrogen (secondary N) is 5. The Morgan fingerprint density at radius 1 is 1.04 bits per heavy atom. The van der Waals surface area contributed by atoms with Gasteiger partial charge in [0.2, 0.25) is 23.6 Å². The first kappa shape index (κ1) is 37.7. The fourth-order valence-corrected chi connectivity index (χ4v) is 5.71. The molecular weight excluding hydrogens is 652 g/mol. The highest BCUT2D eigenvalue weighted by Crippen LogP contribution is 2.26. The van der Waals surface area contributed by atoms with Crippen molar-refractivity contribution in [2.45, 2.75) is 88.4 Å². The minimum Gasteiger partial charge on any atom is -0.493 e. The van der Waals surface area contributed by atoms with Gasteiger partial charge in [0, 0.05) is 30.6 Å². The summed E-state index contributed by atoms with van der Waals surface area (Å²) in [4.78, 5) is 77.3. The largest absolute Gasteiger partial charge is 0.493 e. The van der Waals surface area contributed by atoms with Crippen LogP contribution < -0.4 is 42.8 Å². The minimum absolute atomic E-state index is 0.0418. The molecule has 0 aliphatic carbocycles. The Balaban J connectivity index is 1.59. The van der Waals surface area contributed by atoms with Gasteiger partial charge < -0.3 is 47.9 Å². The van der Waals surface area contributed by atoms with Crippen LogP contribution in [0.3, 0.4) is 0 Å². The van der Waals surface area contributed by atoms with E-state index in [-0.39, 0.29) is 48.8 Å². The molecule has 272 valence electrons. The second kappa shape index (κ2) is 18.1. The number of nitrogens with two attached hydrogens (primary N) is 2. The van der Waals surface area contributed by atoms with E-state index in [0.717, 1.165) is 31.6 Å². The molecule has 2 aromatic rings. The number of hydrogen-bond donors (Lipinski definition) is 8. The topological polar surface area (TPSA) is 275 Å². The van der Waals surface area contributed by atoms with Crippen LogP contribution in [0, 0.1) is 0 Å². The van der Waals surface area contributed by atoms with Gasteiger partial charge in [-0.3, -0.25) is 28.8 Å². The van der Waals surface area contributed by atoms with Gasteiger partial charge in [0.15, 0.2) is 0 Å². The second-order valence-corrected chi connectivity index (χ2v) is 12.4. The van der Waals surface area contributed by atoms with Gasteiger partial charge in [0.05, 0.1) is 17.9 Å². The number of fused-ring (bicyclic) bond motifs is 1. The van der Waals surface area contributed by atoms with Gasteiger partial charge in [-0.25, -0.2) is 4.68 Å². The summed E-state index contributed by atoms with van der Waals surface area (Å²) in [6, 6.07) is -0.102. The summed E-state index contributed by atoms with van der Waals surface area (Å²) in [5.74, 6) is -4.47. The lowest BCUT2D eigenvalue weighted by Crippen LogP contribution is -2.56. The Labute approximate surface area is 288 Å². The van der Waals surface area contributed by atoms with Crippen molar-refractivity contribution in [2.24, 2.45) is 11.5 Å². The number of aliphatic carboxylic acids is 1. The zero-order valence-corrected chi connectivity index (χ0v) is 28.0. The fourth-order valence-electron chi connectivity index (χ4n) is 5.71. The van der Waals surface area contributed by atoms with Crippen LogP contribution in [0.1, 0.15) is 86.3 Å². The molecule has 3 heterocycles. The monoisotopic (exact) mass is 698 g/mol. The molecule has 18 nitrogen and oxygen atoms in total. The molecule has 5 amide bonds. The number of rotatable bonds is 12. The molecule has 1 aromatic carbocycles. The molecule has 2 aliphatic rings. The van der Waals surface area contributed by atoms with Gasteiger partial charge in [-0.1, -0.05) is 5.21 Å². The molecule has 0 bridgehead atoms. The summed E-state index contributed by atoms with van der Waals surface area (Å²) >= 11 is 0.